The van der Waals surface area contributed by atoms with Crippen LogP contribution in [0.25, 0.3) is 11.1 Å². The Morgan fingerprint density at radius 3 is 1.94 bits per heavy atom. The van der Waals surface area contributed by atoms with Gasteiger partial charge in [-0.05, 0) is 72.0 Å². The van der Waals surface area contributed by atoms with Crippen molar-refractivity contribution in [2.75, 3.05) is 7.11 Å². The fourth-order valence-corrected chi connectivity index (χ4v) is 3.65. The predicted molar refractivity (Wildman–Crippen MR) is 117 cm³/mol. The highest BCUT2D eigenvalue weighted by atomic mass is 19.4. The molecule has 0 aromatic heterocycles. The van der Waals surface area contributed by atoms with Gasteiger partial charge in [0.15, 0.2) is 0 Å². The van der Waals surface area contributed by atoms with Crippen LogP contribution >= 0.6 is 0 Å². The van der Waals surface area contributed by atoms with Crippen molar-refractivity contribution < 1.29 is 27.4 Å². The van der Waals surface area contributed by atoms with Crippen LogP contribution in [0.1, 0.15) is 24.0 Å². The van der Waals surface area contributed by atoms with Crippen molar-refractivity contribution in [3.63, 3.8) is 0 Å². The quantitative estimate of drug-likeness (QED) is 0.396. The average molecular weight is 438 g/mol. The summed E-state index contributed by atoms with van der Waals surface area (Å²) in [6, 6.07) is 23.5. The standard InChI is InChI=1S/C26H21F3O3/c1-30-20-14-10-18(11-15-20)23-8-5-9-24(32-26(27,28)29)25(23)19-12-16-22(17-13-19)31-21-6-3-2-4-7-21/h2-4,6-7,9-17H,5,8H2,1H3. The Kier molecular flexibility index (Phi) is 6.21. The molecule has 0 bridgehead atoms. The van der Waals surface area contributed by atoms with Crippen LogP contribution in [0.3, 0.4) is 0 Å². The van der Waals surface area contributed by atoms with Crippen LogP contribution in [0.15, 0.2) is 90.7 Å². The molecule has 0 aliphatic heterocycles. The van der Waals surface area contributed by atoms with Crippen molar-refractivity contribution >= 4 is 11.1 Å². The van der Waals surface area contributed by atoms with Gasteiger partial charge in [-0.1, -0.05) is 42.5 Å². The molecule has 0 fully saturated rings. The highest BCUT2D eigenvalue weighted by Gasteiger charge is 2.35. The summed E-state index contributed by atoms with van der Waals surface area (Å²) >= 11 is 0. The molecule has 3 nitrogen and oxygen atoms in total. The Morgan fingerprint density at radius 2 is 1.31 bits per heavy atom. The smallest absolute Gasteiger partial charge is 0.497 e. The molecule has 3 aromatic carbocycles. The van der Waals surface area contributed by atoms with E-state index in [4.69, 9.17) is 9.47 Å². The topological polar surface area (TPSA) is 27.7 Å². The third-order valence-electron chi connectivity index (χ3n) is 5.06. The van der Waals surface area contributed by atoms with Crippen LogP contribution in [0, 0.1) is 0 Å². The number of rotatable bonds is 6. The molecule has 4 rings (SSSR count). The van der Waals surface area contributed by atoms with Crippen LogP contribution in [0.5, 0.6) is 17.2 Å². The van der Waals surface area contributed by atoms with Gasteiger partial charge < -0.3 is 14.2 Å². The number of para-hydroxylation sites is 1. The summed E-state index contributed by atoms with van der Waals surface area (Å²) in [6.45, 7) is 0. The molecule has 0 saturated carbocycles. The molecule has 6 heteroatoms. The summed E-state index contributed by atoms with van der Waals surface area (Å²) in [6.07, 6.45) is -2.25. The van der Waals surface area contributed by atoms with Crippen LogP contribution in [0.2, 0.25) is 0 Å². The maximum Gasteiger partial charge on any atom is 0.573 e. The van der Waals surface area contributed by atoms with E-state index in [2.05, 4.69) is 4.74 Å². The van der Waals surface area contributed by atoms with Gasteiger partial charge in [-0.25, -0.2) is 0 Å². The molecule has 1 aliphatic rings. The van der Waals surface area contributed by atoms with E-state index in [-0.39, 0.29) is 5.76 Å². The van der Waals surface area contributed by atoms with Gasteiger partial charge >= 0.3 is 6.36 Å². The molecule has 0 unspecified atom stereocenters. The lowest BCUT2D eigenvalue weighted by Gasteiger charge is -2.24. The summed E-state index contributed by atoms with van der Waals surface area (Å²) in [7, 11) is 1.57. The first kappa shape index (κ1) is 21.6. The van der Waals surface area contributed by atoms with E-state index in [1.165, 1.54) is 6.08 Å². The van der Waals surface area contributed by atoms with Crippen molar-refractivity contribution in [1.82, 2.24) is 0 Å². The lowest BCUT2D eigenvalue weighted by atomic mass is 9.86. The van der Waals surface area contributed by atoms with Gasteiger partial charge in [0.25, 0.3) is 0 Å². The minimum absolute atomic E-state index is 0.189. The van der Waals surface area contributed by atoms with E-state index >= 15 is 0 Å². The first-order chi connectivity index (χ1) is 15.4. The SMILES string of the molecule is COc1ccc(C2=C(c3ccc(Oc4ccccc4)cc3)C(OC(F)(F)F)=CCC2)cc1. The number of ether oxygens (including phenoxy) is 3. The number of benzene rings is 3. The van der Waals surface area contributed by atoms with Crippen molar-refractivity contribution in [3.8, 4) is 17.2 Å². The van der Waals surface area contributed by atoms with Crippen LogP contribution in [-0.2, 0) is 4.74 Å². The summed E-state index contributed by atoms with van der Waals surface area (Å²) in [4.78, 5) is 0. The molecular formula is C26H21F3O3. The molecule has 0 saturated heterocycles. The maximum atomic E-state index is 13.1. The lowest BCUT2D eigenvalue weighted by Crippen LogP contribution is -2.16. The number of alkyl halides is 3. The Labute approximate surface area is 184 Å². The first-order valence-corrected chi connectivity index (χ1v) is 10.1. The van der Waals surface area contributed by atoms with E-state index in [1.807, 2.05) is 42.5 Å². The monoisotopic (exact) mass is 438 g/mol. The molecule has 1 aliphatic carbocycles. The van der Waals surface area contributed by atoms with Crippen LogP contribution < -0.4 is 9.47 Å². The third kappa shape index (κ3) is 5.14. The molecule has 3 aromatic rings. The summed E-state index contributed by atoms with van der Waals surface area (Å²) in [5.74, 6) is 1.75. The Balaban J connectivity index is 1.73. The molecule has 0 atom stereocenters. The minimum atomic E-state index is -4.78. The zero-order valence-corrected chi connectivity index (χ0v) is 17.4. The normalized spacial score (nSPS) is 14.1. The zero-order valence-electron chi connectivity index (χ0n) is 17.4. The van der Waals surface area contributed by atoms with E-state index < -0.39 is 6.36 Å². The fourth-order valence-electron chi connectivity index (χ4n) is 3.65. The molecule has 0 amide bonds. The van der Waals surface area contributed by atoms with Gasteiger partial charge in [0.2, 0.25) is 0 Å². The molecule has 0 radical (unpaired) electrons. The van der Waals surface area contributed by atoms with Gasteiger partial charge in [0.05, 0.1) is 7.11 Å². The average Bonchev–Trinajstić information content (AvgIpc) is 2.79. The van der Waals surface area contributed by atoms with E-state index in [1.54, 1.807) is 43.5 Å². The van der Waals surface area contributed by atoms with Gasteiger partial charge in [0.1, 0.15) is 23.0 Å². The summed E-state index contributed by atoms with van der Waals surface area (Å²) < 4.78 is 54.9. The fraction of sp³-hybridized carbons (Fsp3) is 0.154. The number of methoxy groups -OCH3 is 1. The number of hydrogen-bond donors (Lipinski definition) is 0. The molecule has 0 spiro atoms. The van der Waals surface area contributed by atoms with E-state index in [0.29, 0.717) is 41.2 Å². The van der Waals surface area contributed by atoms with Crippen LogP contribution in [0.4, 0.5) is 13.2 Å². The number of hydrogen-bond acceptors (Lipinski definition) is 3. The second kappa shape index (κ2) is 9.22. The number of allylic oxidation sites excluding steroid dienone is 3. The summed E-state index contributed by atoms with van der Waals surface area (Å²) in [5, 5.41) is 0. The number of halogens is 3. The predicted octanol–water partition coefficient (Wildman–Crippen LogP) is 7.61. The Morgan fingerprint density at radius 1 is 0.719 bits per heavy atom. The van der Waals surface area contributed by atoms with Crippen molar-refractivity contribution in [1.29, 1.82) is 0 Å². The third-order valence-corrected chi connectivity index (χ3v) is 5.06. The molecule has 0 heterocycles. The van der Waals surface area contributed by atoms with Gasteiger partial charge in [-0.3, -0.25) is 0 Å². The maximum absolute atomic E-state index is 13.1. The van der Waals surface area contributed by atoms with Crippen molar-refractivity contribution in [3.05, 3.63) is 102 Å². The van der Waals surface area contributed by atoms with Crippen molar-refractivity contribution in [2.24, 2.45) is 0 Å². The van der Waals surface area contributed by atoms with Gasteiger partial charge in [-0.15, -0.1) is 13.2 Å². The lowest BCUT2D eigenvalue weighted by molar-refractivity contribution is -0.302. The van der Waals surface area contributed by atoms with Crippen LogP contribution in [-0.4, -0.2) is 13.5 Å². The Bertz CT molecular complexity index is 1110. The minimum Gasteiger partial charge on any atom is -0.497 e. The molecule has 0 N–H and O–H groups in total. The second-order valence-corrected chi connectivity index (χ2v) is 7.18. The highest BCUT2D eigenvalue weighted by Crippen LogP contribution is 2.42. The Hall–Kier alpha value is -3.67. The second-order valence-electron chi connectivity index (χ2n) is 7.18. The van der Waals surface area contributed by atoms with E-state index in [0.717, 1.165) is 11.1 Å². The largest absolute Gasteiger partial charge is 0.573 e. The molecule has 32 heavy (non-hydrogen) atoms. The molecule has 164 valence electrons. The van der Waals surface area contributed by atoms with Gasteiger partial charge in [-0.2, -0.15) is 0 Å². The molecular weight excluding hydrogens is 417 g/mol. The first-order valence-electron chi connectivity index (χ1n) is 10.1. The highest BCUT2D eigenvalue weighted by molar-refractivity contribution is 5.98. The summed E-state index contributed by atoms with van der Waals surface area (Å²) in [5.41, 5.74) is 2.64. The van der Waals surface area contributed by atoms with Crippen molar-refractivity contribution in [2.45, 2.75) is 19.2 Å². The van der Waals surface area contributed by atoms with Gasteiger partial charge in [0, 0.05) is 5.57 Å². The zero-order chi connectivity index (χ0) is 22.6. The van der Waals surface area contributed by atoms with E-state index in [9.17, 15) is 13.2 Å².